The monoisotopic (exact) mass is 371 g/mol. The Morgan fingerprint density at radius 2 is 1.67 bits per heavy atom. The van der Waals surface area contributed by atoms with Crippen molar-refractivity contribution in [1.82, 2.24) is 5.32 Å². The lowest BCUT2D eigenvalue weighted by atomic mass is 10.1. The van der Waals surface area contributed by atoms with Gasteiger partial charge in [-0.25, -0.2) is 9.59 Å². The van der Waals surface area contributed by atoms with Crippen LogP contribution in [-0.2, 0) is 20.8 Å². The first kappa shape index (κ1) is 20.0. The van der Waals surface area contributed by atoms with Crippen molar-refractivity contribution in [2.75, 3.05) is 20.3 Å². The van der Waals surface area contributed by atoms with E-state index in [1.54, 1.807) is 48.5 Å². The number of hydrogen-bond acceptors (Lipinski definition) is 6. The number of nitrogens with one attached hydrogen (secondary N) is 1. The van der Waals surface area contributed by atoms with E-state index in [2.05, 4.69) is 10.1 Å². The van der Waals surface area contributed by atoms with E-state index in [1.807, 2.05) is 6.92 Å². The van der Waals surface area contributed by atoms with E-state index < -0.39 is 24.5 Å². The molecule has 0 radical (unpaired) electrons. The van der Waals surface area contributed by atoms with Crippen LogP contribution in [0.2, 0.25) is 0 Å². The van der Waals surface area contributed by atoms with E-state index >= 15 is 0 Å². The number of methoxy groups -OCH3 is 1. The zero-order chi connectivity index (χ0) is 19.6. The zero-order valence-electron chi connectivity index (χ0n) is 15.2. The number of hydrogen-bond donors (Lipinski definition) is 1. The normalized spacial score (nSPS) is 10.0. The van der Waals surface area contributed by atoms with Gasteiger partial charge in [-0.15, -0.1) is 0 Å². The predicted molar refractivity (Wildman–Crippen MR) is 97.5 cm³/mol. The highest BCUT2D eigenvalue weighted by molar-refractivity contribution is 5.94. The first-order chi connectivity index (χ1) is 13.0. The number of amides is 1. The summed E-state index contributed by atoms with van der Waals surface area (Å²) in [4.78, 5) is 35.4. The summed E-state index contributed by atoms with van der Waals surface area (Å²) in [6.07, 6.45) is 0. The highest BCUT2D eigenvalue weighted by Gasteiger charge is 2.15. The maximum absolute atomic E-state index is 12.1. The first-order valence-corrected chi connectivity index (χ1v) is 8.38. The molecule has 27 heavy (non-hydrogen) atoms. The number of benzene rings is 2. The van der Waals surface area contributed by atoms with Gasteiger partial charge >= 0.3 is 11.9 Å². The zero-order valence-corrected chi connectivity index (χ0v) is 15.2. The third-order valence-corrected chi connectivity index (χ3v) is 3.61. The molecule has 0 bridgehead atoms. The number of carbonyl (C=O) groups is 3. The summed E-state index contributed by atoms with van der Waals surface area (Å²) in [6, 6.07) is 13.3. The number of esters is 2. The molecule has 0 aliphatic rings. The van der Waals surface area contributed by atoms with Crippen LogP contribution in [0.1, 0.15) is 33.2 Å². The van der Waals surface area contributed by atoms with Crippen LogP contribution in [0.4, 0.5) is 0 Å². The van der Waals surface area contributed by atoms with Crippen LogP contribution in [-0.4, -0.2) is 38.2 Å². The molecule has 2 rings (SSSR count). The molecule has 0 saturated heterocycles. The van der Waals surface area contributed by atoms with Crippen LogP contribution in [0.3, 0.4) is 0 Å². The molecule has 0 atom stereocenters. The van der Waals surface area contributed by atoms with Crippen LogP contribution >= 0.6 is 0 Å². The summed E-state index contributed by atoms with van der Waals surface area (Å²) in [6.45, 7) is 2.07. The van der Waals surface area contributed by atoms with Gasteiger partial charge in [-0.3, -0.25) is 4.79 Å². The Morgan fingerprint density at radius 1 is 0.963 bits per heavy atom. The second kappa shape index (κ2) is 9.96. The van der Waals surface area contributed by atoms with Crippen molar-refractivity contribution in [1.29, 1.82) is 0 Å². The molecule has 0 heterocycles. The van der Waals surface area contributed by atoms with E-state index in [0.29, 0.717) is 17.9 Å². The second-order valence-corrected chi connectivity index (χ2v) is 5.47. The summed E-state index contributed by atoms with van der Waals surface area (Å²) in [7, 11) is 1.31. The lowest BCUT2D eigenvalue weighted by Crippen LogP contribution is -2.28. The Kier molecular flexibility index (Phi) is 7.37. The van der Waals surface area contributed by atoms with Gasteiger partial charge in [0.1, 0.15) is 11.3 Å². The topological polar surface area (TPSA) is 90.9 Å². The molecule has 2 aromatic carbocycles. The molecule has 0 unspecified atom stereocenters. The van der Waals surface area contributed by atoms with Crippen LogP contribution in [0.15, 0.2) is 48.5 Å². The van der Waals surface area contributed by atoms with Gasteiger partial charge in [-0.2, -0.15) is 0 Å². The molecule has 0 saturated carbocycles. The van der Waals surface area contributed by atoms with Crippen molar-refractivity contribution in [2.45, 2.75) is 13.5 Å². The predicted octanol–water partition coefficient (Wildman–Crippen LogP) is 2.35. The van der Waals surface area contributed by atoms with Crippen LogP contribution in [0.5, 0.6) is 5.75 Å². The summed E-state index contributed by atoms with van der Waals surface area (Å²) < 4.78 is 15.0. The summed E-state index contributed by atoms with van der Waals surface area (Å²) in [5, 5.41) is 2.64. The number of carbonyl (C=O) groups excluding carboxylic acids is 3. The fourth-order valence-corrected chi connectivity index (χ4v) is 2.25. The highest BCUT2D eigenvalue weighted by Crippen LogP contribution is 2.18. The Morgan fingerprint density at radius 3 is 2.33 bits per heavy atom. The van der Waals surface area contributed by atoms with Gasteiger partial charge in [0.25, 0.3) is 5.91 Å². The average Bonchev–Trinajstić information content (AvgIpc) is 2.71. The van der Waals surface area contributed by atoms with E-state index in [1.165, 1.54) is 7.11 Å². The minimum atomic E-state index is -0.628. The standard InChI is InChI=1S/C20H21NO6/c1-3-26-17-7-5-4-6-16(17)20(24)27-13-18(22)21-12-14-8-10-15(11-9-14)19(23)25-2/h4-11H,3,12-13H2,1-2H3,(H,21,22). The number of rotatable bonds is 8. The molecule has 1 amide bonds. The Balaban J connectivity index is 1.82. The maximum Gasteiger partial charge on any atom is 0.342 e. The third kappa shape index (κ3) is 5.85. The molecule has 0 aliphatic carbocycles. The SMILES string of the molecule is CCOc1ccccc1C(=O)OCC(=O)NCc1ccc(C(=O)OC)cc1. The van der Waals surface area contributed by atoms with Gasteiger partial charge in [0, 0.05) is 6.54 Å². The molecule has 0 aliphatic heterocycles. The molecule has 0 aromatic heterocycles. The minimum absolute atomic E-state index is 0.243. The van der Waals surface area contributed by atoms with Crippen molar-refractivity contribution in [2.24, 2.45) is 0 Å². The van der Waals surface area contributed by atoms with E-state index in [-0.39, 0.29) is 12.1 Å². The fourth-order valence-electron chi connectivity index (χ4n) is 2.25. The van der Waals surface area contributed by atoms with Crippen LogP contribution < -0.4 is 10.1 Å². The molecule has 2 aromatic rings. The van der Waals surface area contributed by atoms with E-state index in [9.17, 15) is 14.4 Å². The lowest BCUT2D eigenvalue weighted by molar-refractivity contribution is -0.124. The first-order valence-electron chi connectivity index (χ1n) is 8.38. The van der Waals surface area contributed by atoms with Gasteiger partial charge in [-0.1, -0.05) is 24.3 Å². The quantitative estimate of drug-likeness (QED) is 0.716. The fraction of sp³-hybridized carbons (Fsp3) is 0.250. The Bertz CT molecular complexity index is 800. The smallest absolute Gasteiger partial charge is 0.342 e. The molecule has 0 fully saturated rings. The van der Waals surface area contributed by atoms with Gasteiger partial charge in [-0.05, 0) is 36.8 Å². The van der Waals surface area contributed by atoms with Gasteiger partial charge in [0.05, 0.1) is 19.3 Å². The molecule has 7 nitrogen and oxygen atoms in total. The number of para-hydroxylation sites is 1. The van der Waals surface area contributed by atoms with Gasteiger partial charge < -0.3 is 19.5 Å². The lowest BCUT2D eigenvalue weighted by Gasteiger charge is -2.10. The van der Waals surface area contributed by atoms with Crippen molar-refractivity contribution in [3.8, 4) is 5.75 Å². The maximum atomic E-state index is 12.1. The van der Waals surface area contributed by atoms with Crippen molar-refractivity contribution >= 4 is 17.8 Å². The van der Waals surface area contributed by atoms with E-state index in [0.717, 1.165) is 5.56 Å². The van der Waals surface area contributed by atoms with Crippen LogP contribution in [0.25, 0.3) is 0 Å². The summed E-state index contributed by atoms with van der Waals surface area (Å²) in [5.41, 5.74) is 1.49. The molecule has 1 N–H and O–H groups in total. The van der Waals surface area contributed by atoms with Crippen molar-refractivity contribution < 1.29 is 28.6 Å². The van der Waals surface area contributed by atoms with Crippen LogP contribution in [0, 0.1) is 0 Å². The minimum Gasteiger partial charge on any atom is -0.493 e. The Labute approximate surface area is 157 Å². The molecule has 0 spiro atoms. The van der Waals surface area contributed by atoms with Crippen molar-refractivity contribution in [3.63, 3.8) is 0 Å². The summed E-state index contributed by atoms with van der Waals surface area (Å²) in [5.74, 6) is -1.08. The molecule has 7 heteroatoms. The molecule has 142 valence electrons. The second-order valence-electron chi connectivity index (χ2n) is 5.47. The van der Waals surface area contributed by atoms with Crippen molar-refractivity contribution in [3.05, 3.63) is 65.2 Å². The van der Waals surface area contributed by atoms with Gasteiger partial charge in [0.2, 0.25) is 0 Å². The third-order valence-electron chi connectivity index (χ3n) is 3.61. The highest BCUT2D eigenvalue weighted by atomic mass is 16.5. The van der Waals surface area contributed by atoms with Gasteiger partial charge in [0.15, 0.2) is 6.61 Å². The Hall–Kier alpha value is -3.35. The average molecular weight is 371 g/mol. The molecular formula is C20H21NO6. The molecular weight excluding hydrogens is 350 g/mol. The summed E-state index contributed by atoms with van der Waals surface area (Å²) >= 11 is 0. The van der Waals surface area contributed by atoms with E-state index in [4.69, 9.17) is 9.47 Å². The largest absolute Gasteiger partial charge is 0.493 e. The number of ether oxygens (including phenoxy) is 3.